The van der Waals surface area contributed by atoms with E-state index in [1.807, 2.05) is 30.3 Å². The van der Waals surface area contributed by atoms with Gasteiger partial charge in [0.15, 0.2) is 5.79 Å². The number of carbonyl (C=O) groups excluding carboxylic acids is 1. The minimum absolute atomic E-state index is 0.0626. The molecule has 3 aromatic rings. The van der Waals surface area contributed by atoms with Crippen LogP contribution in [0.15, 0.2) is 91.0 Å². The van der Waals surface area contributed by atoms with Gasteiger partial charge in [-0.15, -0.1) is 0 Å². The topological polar surface area (TPSA) is 74.2 Å². The van der Waals surface area contributed by atoms with Crippen LogP contribution in [0.2, 0.25) is 5.04 Å². The molecule has 6 nitrogen and oxygen atoms in total. The third kappa shape index (κ3) is 6.97. The molecule has 2 fully saturated rings. The van der Waals surface area contributed by atoms with Crippen LogP contribution in [0.4, 0.5) is 0 Å². The smallest absolute Gasteiger partial charge is 0.338 e. The van der Waals surface area contributed by atoms with E-state index in [9.17, 15) is 9.90 Å². The van der Waals surface area contributed by atoms with Crippen molar-refractivity contribution in [2.24, 2.45) is 5.92 Å². The molecular weight excluding hydrogens is 556 g/mol. The predicted molar refractivity (Wildman–Crippen MR) is 171 cm³/mol. The minimum atomic E-state index is -2.86. The predicted octanol–water partition coefficient (Wildman–Crippen LogP) is 5.86. The van der Waals surface area contributed by atoms with Gasteiger partial charge >= 0.3 is 5.97 Å². The molecule has 1 spiro atoms. The average molecular weight is 603 g/mol. The summed E-state index contributed by atoms with van der Waals surface area (Å²) in [6, 6.07) is 30.0. The van der Waals surface area contributed by atoms with E-state index < -0.39 is 32.3 Å². The summed E-state index contributed by atoms with van der Waals surface area (Å²) >= 11 is 0. The lowest BCUT2D eigenvalue weighted by Gasteiger charge is -2.44. The largest absolute Gasteiger partial charge is 0.456 e. The van der Waals surface area contributed by atoms with Gasteiger partial charge in [-0.3, -0.25) is 0 Å². The van der Waals surface area contributed by atoms with E-state index >= 15 is 0 Å². The van der Waals surface area contributed by atoms with Crippen LogP contribution in [0.3, 0.4) is 0 Å². The van der Waals surface area contributed by atoms with Gasteiger partial charge in [-0.25, -0.2) is 4.79 Å². The molecule has 1 heterocycles. The number of hydrogen-bond acceptors (Lipinski definition) is 6. The van der Waals surface area contributed by atoms with Gasteiger partial charge in [-0.05, 0) is 46.8 Å². The van der Waals surface area contributed by atoms with Crippen LogP contribution in [0, 0.1) is 5.92 Å². The van der Waals surface area contributed by atoms with Crippen molar-refractivity contribution >= 4 is 24.7 Å². The molecule has 0 radical (unpaired) electrons. The number of esters is 1. The van der Waals surface area contributed by atoms with Gasteiger partial charge in [0, 0.05) is 32.0 Å². The zero-order valence-corrected chi connectivity index (χ0v) is 26.7. The summed E-state index contributed by atoms with van der Waals surface area (Å²) in [5.41, 5.74) is 0.481. The number of ether oxygens (including phenoxy) is 3. The highest BCUT2D eigenvalue weighted by Gasteiger charge is 2.52. The molecule has 0 bridgehead atoms. The number of hydrogen-bond donors (Lipinski definition) is 1. The maximum absolute atomic E-state index is 13.5. The summed E-state index contributed by atoms with van der Waals surface area (Å²) in [6.07, 6.45) is 4.25. The molecule has 43 heavy (non-hydrogen) atoms. The van der Waals surface area contributed by atoms with E-state index in [-0.39, 0.29) is 17.6 Å². The fourth-order valence-corrected chi connectivity index (χ4v) is 11.5. The summed E-state index contributed by atoms with van der Waals surface area (Å²) < 4.78 is 26.6. The van der Waals surface area contributed by atoms with Crippen LogP contribution >= 0.6 is 0 Å². The summed E-state index contributed by atoms with van der Waals surface area (Å²) in [4.78, 5) is 13.5. The molecule has 7 heteroatoms. The normalized spacial score (nSPS) is 20.0. The molecule has 0 unspecified atom stereocenters. The Morgan fingerprint density at radius 3 is 2.00 bits per heavy atom. The van der Waals surface area contributed by atoms with Gasteiger partial charge in [-0.2, -0.15) is 0 Å². The second-order valence-electron chi connectivity index (χ2n) is 12.9. The SMILES string of the molecule is CC(C)(C)[Si](OC[C@H](CCO)[C@H](OC(=O)c1ccccc1)[C@H]1COC2(CCCCC2)O1)(c1ccccc1)c1ccccc1. The fourth-order valence-electron chi connectivity index (χ4n) is 6.84. The second kappa shape index (κ2) is 13.9. The van der Waals surface area contributed by atoms with Gasteiger partial charge in [0.2, 0.25) is 0 Å². The van der Waals surface area contributed by atoms with Crippen LogP contribution in [0.1, 0.15) is 69.7 Å². The van der Waals surface area contributed by atoms with Gasteiger partial charge in [0.1, 0.15) is 12.2 Å². The number of rotatable bonds is 11. The van der Waals surface area contributed by atoms with Gasteiger partial charge in [-0.1, -0.05) is 106 Å². The van der Waals surface area contributed by atoms with E-state index in [0.29, 0.717) is 25.2 Å². The summed E-state index contributed by atoms with van der Waals surface area (Å²) in [5.74, 6) is -1.35. The first-order chi connectivity index (χ1) is 20.8. The molecule has 1 aliphatic carbocycles. The van der Waals surface area contributed by atoms with Crippen molar-refractivity contribution < 1.29 is 28.5 Å². The molecule has 1 saturated heterocycles. The highest BCUT2D eigenvalue weighted by Crippen LogP contribution is 2.41. The Morgan fingerprint density at radius 1 is 0.907 bits per heavy atom. The Kier molecular flexibility index (Phi) is 10.2. The van der Waals surface area contributed by atoms with Crippen molar-refractivity contribution in [2.75, 3.05) is 19.8 Å². The van der Waals surface area contributed by atoms with Gasteiger partial charge in [0.05, 0.1) is 12.2 Å². The third-order valence-electron chi connectivity index (χ3n) is 9.01. The highest BCUT2D eigenvalue weighted by atomic mass is 28.4. The average Bonchev–Trinajstić information content (AvgIpc) is 3.43. The summed E-state index contributed by atoms with van der Waals surface area (Å²) in [5, 5.41) is 12.4. The number of carbonyl (C=O) groups is 1. The Hall–Kier alpha value is -2.81. The molecular formula is C36H46O6Si. The Balaban J connectivity index is 1.50. The molecule has 5 rings (SSSR count). The van der Waals surface area contributed by atoms with E-state index in [2.05, 4.69) is 69.3 Å². The van der Waals surface area contributed by atoms with Gasteiger partial charge < -0.3 is 23.7 Å². The standard InChI is InChI=1S/C36H46O6Si/c1-35(2,3)43(30-18-10-5-11-19-30,31-20-12-6-13-21-31)40-26-29(22-25-37)33(41-34(38)28-16-8-4-9-17-28)32-27-39-36(42-32)23-14-7-15-24-36/h4-6,8-13,16-21,29,32-33,37H,7,14-15,22-27H2,1-3H3/t29-,32+,33-/m0/s1. The maximum Gasteiger partial charge on any atom is 0.338 e. The van der Waals surface area contributed by atoms with Crippen molar-refractivity contribution in [3.05, 3.63) is 96.6 Å². The molecule has 1 N–H and O–H groups in total. The van der Waals surface area contributed by atoms with Crippen molar-refractivity contribution in [1.82, 2.24) is 0 Å². The van der Waals surface area contributed by atoms with Crippen molar-refractivity contribution in [3.63, 3.8) is 0 Å². The first-order valence-corrected chi connectivity index (χ1v) is 17.6. The molecule has 0 amide bonds. The van der Waals surface area contributed by atoms with Crippen molar-refractivity contribution in [2.45, 2.75) is 82.3 Å². The first-order valence-electron chi connectivity index (χ1n) is 15.7. The molecule has 0 aromatic heterocycles. The van der Waals surface area contributed by atoms with Crippen LogP contribution in [-0.4, -0.2) is 57.2 Å². The minimum Gasteiger partial charge on any atom is -0.456 e. The van der Waals surface area contributed by atoms with E-state index in [1.54, 1.807) is 12.1 Å². The quantitative estimate of drug-likeness (QED) is 0.219. The second-order valence-corrected chi connectivity index (χ2v) is 17.2. The Labute approximate surface area is 257 Å². The van der Waals surface area contributed by atoms with Crippen LogP contribution in [0.5, 0.6) is 0 Å². The van der Waals surface area contributed by atoms with Crippen LogP contribution in [0.25, 0.3) is 0 Å². The molecule has 1 aliphatic heterocycles. The van der Waals surface area contributed by atoms with Crippen LogP contribution < -0.4 is 10.4 Å². The maximum atomic E-state index is 13.5. The molecule has 3 aromatic carbocycles. The lowest BCUT2D eigenvalue weighted by molar-refractivity contribution is -0.199. The van der Waals surface area contributed by atoms with Crippen molar-refractivity contribution in [3.8, 4) is 0 Å². The summed E-state index contributed by atoms with van der Waals surface area (Å²) in [6.45, 7) is 7.31. The zero-order chi connectivity index (χ0) is 30.3. The highest BCUT2D eigenvalue weighted by molar-refractivity contribution is 6.99. The molecule has 2 aliphatic rings. The summed E-state index contributed by atoms with van der Waals surface area (Å²) in [7, 11) is -2.86. The third-order valence-corrected chi connectivity index (χ3v) is 14.0. The molecule has 230 valence electrons. The van der Waals surface area contributed by atoms with E-state index in [4.69, 9.17) is 18.6 Å². The molecule has 1 saturated carbocycles. The zero-order valence-electron chi connectivity index (χ0n) is 25.7. The molecule has 3 atom stereocenters. The van der Waals surface area contributed by atoms with E-state index in [1.165, 1.54) is 16.8 Å². The monoisotopic (exact) mass is 602 g/mol. The fraction of sp³-hybridized carbons (Fsp3) is 0.472. The number of aliphatic hydroxyl groups excluding tert-OH is 1. The Morgan fingerprint density at radius 2 is 1.47 bits per heavy atom. The van der Waals surface area contributed by atoms with Gasteiger partial charge in [0.25, 0.3) is 8.32 Å². The lowest BCUT2D eigenvalue weighted by Crippen LogP contribution is -2.67. The first kappa shape index (κ1) is 31.6. The number of benzene rings is 3. The van der Waals surface area contributed by atoms with Crippen molar-refractivity contribution in [1.29, 1.82) is 0 Å². The Bertz CT molecular complexity index is 1250. The van der Waals surface area contributed by atoms with E-state index in [0.717, 1.165) is 25.7 Å². The number of aliphatic hydroxyl groups is 1. The van der Waals surface area contributed by atoms with Crippen LogP contribution in [-0.2, 0) is 18.6 Å². The lowest BCUT2D eigenvalue weighted by atomic mass is 9.93.